The summed E-state index contributed by atoms with van der Waals surface area (Å²) in [4.78, 5) is 22.5. The predicted octanol–water partition coefficient (Wildman–Crippen LogP) is 2.24. The standard InChI is InChI=1S/C17H26N4O/c1-16(2)12-5-6-17(16,3)13(9-12)20-15(22)11-21(4)14-10-18-7-8-19-14/h7-8,10,12-13H,5-6,9,11H2,1-4H3,(H,20,22)/t12-,13-,17-/m1/s1. The molecule has 0 unspecified atom stereocenters. The van der Waals surface area contributed by atoms with Crippen molar-refractivity contribution in [1.29, 1.82) is 0 Å². The maximum Gasteiger partial charge on any atom is 0.239 e. The summed E-state index contributed by atoms with van der Waals surface area (Å²) < 4.78 is 0. The molecule has 0 radical (unpaired) electrons. The lowest BCUT2D eigenvalue weighted by Crippen LogP contribution is -2.49. The molecule has 0 saturated heterocycles. The Morgan fingerprint density at radius 2 is 2.18 bits per heavy atom. The number of amides is 1. The van der Waals surface area contributed by atoms with E-state index in [2.05, 4.69) is 36.1 Å². The van der Waals surface area contributed by atoms with Crippen molar-refractivity contribution in [2.24, 2.45) is 16.7 Å². The molecule has 22 heavy (non-hydrogen) atoms. The number of carbonyl (C=O) groups excluding carboxylic acids is 1. The number of likely N-dealkylation sites (N-methyl/N-ethyl adjacent to an activating group) is 1. The fourth-order valence-corrected chi connectivity index (χ4v) is 4.45. The van der Waals surface area contributed by atoms with Crippen LogP contribution >= 0.6 is 0 Å². The van der Waals surface area contributed by atoms with E-state index in [4.69, 9.17) is 0 Å². The van der Waals surface area contributed by atoms with Crippen LogP contribution in [0, 0.1) is 16.7 Å². The number of aromatic nitrogens is 2. The second kappa shape index (κ2) is 5.21. The van der Waals surface area contributed by atoms with Gasteiger partial charge in [0.1, 0.15) is 5.82 Å². The molecular formula is C17H26N4O. The van der Waals surface area contributed by atoms with E-state index in [1.165, 1.54) is 12.8 Å². The summed E-state index contributed by atoms with van der Waals surface area (Å²) in [7, 11) is 1.87. The van der Waals surface area contributed by atoms with Crippen molar-refractivity contribution in [2.45, 2.75) is 46.1 Å². The fraction of sp³-hybridized carbons (Fsp3) is 0.706. The molecule has 2 aliphatic rings. The SMILES string of the molecule is CN(CC(=O)N[C@@H]1C[C@H]2CC[C@@]1(C)C2(C)C)c1cnccn1. The summed E-state index contributed by atoms with van der Waals surface area (Å²) in [6.45, 7) is 7.39. The maximum absolute atomic E-state index is 12.4. The van der Waals surface area contributed by atoms with Gasteiger partial charge in [0.25, 0.3) is 0 Å². The van der Waals surface area contributed by atoms with Crippen molar-refractivity contribution in [3.05, 3.63) is 18.6 Å². The molecule has 0 aliphatic heterocycles. The van der Waals surface area contributed by atoms with E-state index in [0.29, 0.717) is 18.0 Å². The molecule has 120 valence electrons. The molecule has 3 atom stereocenters. The van der Waals surface area contributed by atoms with Gasteiger partial charge in [-0.15, -0.1) is 0 Å². The Bertz CT molecular complexity index is 559. The van der Waals surface area contributed by atoms with Crippen molar-refractivity contribution in [3.8, 4) is 0 Å². The lowest BCUT2D eigenvalue weighted by molar-refractivity contribution is -0.121. The number of fused-ring (bicyclic) bond motifs is 2. The van der Waals surface area contributed by atoms with Crippen LogP contribution in [-0.2, 0) is 4.79 Å². The second-order valence-corrected chi connectivity index (χ2v) is 7.65. The molecule has 2 aliphatic carbocycles. The van der Waals surface area contributed by atoms with Gasteiger partial charge in [-0.25, -0.2) is 4.98 Å². The topological polar surface area (TPSA) is 58.1 Å². The van der Waals surface area contributed by atoms with Gasteiger partial charge in [-0.3, -0.25) is 9.78 Å². The number of rotatable bonds is 4. The van der Waals surface area contributed by atoms with E-state index >= 15 is 0 Å². The van der Waals surface area contributed by atoms with E-state index in [1.54, 1.807) is 18.6 Å². The summed E-state index contributed by atoms with van der Waals surface area (Å²) in [6.07, 6.45) is 8.59. The molecule has 5 heteroatoms. The quantitative estimate of drug-likeness (QED) is 0.927. The fourth-order valence-electron chi connectivity index (χ4n) is 4.45. The van der Waals surface area contributed by atoms with Gasteiger partial charge in [0.05, 0.1) is 12.7 Å². The average Bonchev–Trinajstić information content (AvgIpc) is 2.81. The zero-order chi connectivity index (χ0) is 16.0. The molecule has 2 fully saturated rings. The van der Waals surface area contributed by atoms with Crippen LogP contribution in [0.5, 0.6) is 0 Å². The minimum atomic E-state index is 0.0720. The van der Waals surface area contributed by atoms with Crippen molar-refractivity contribution >= 4 is 11.7 Å². The van der Waals surface area contributed by atoms with Gasteiger partial charge < -0.3 is 10.2 Å². The molecule has 1 amide bonds. The van der Waals surface area contributed by atoms with Crippen LogP contribution in [0.1, 0.15) is 40.0 Å². The Hall–Kier alpha value is -1.65. The normalized spacial score (nSPS) is 32.0. The second-order valence-electron chi connectivity index (χ2n) is 7.65. The number of nitrogens with zero attached hydrogens (tertiary/aromatic N) is 3. The highest BCUT2D eigenvalue weighted by Gasteiger charge is 2.61. The number of carbonyl (C=O) groups is 1. The smallest absolute Gasteiger partial charge is 0.239 e. The molecule has 1 aromatic rings. The summed E-state index contributed by atoms with van der Waals surface area (Å²) in [5.41, 5.74) is 0.542. The van der Waals surface area contributed by atoms with Crippen LogP contribution in [0.4, 0.5) is 5.82 Å². The molecule has 0 aromatic carbocycles. The third-order valence-electron chi connectivity index (χ3n) is 6.45. The Labute approximate surface area is 132 Å². The van der Waals surface area contributed by atoms with Gasteiger partial charge in [0.2, 0.25) is 5.91 Å². The van der Waals surface area contributed by atoms with Gasteiger partial charge in [0.15, 0.2) is 0 Å². The molecule has 5 nitrogen and oxygen atoms in total. The van der Waals surface area contributed by atoms with E-state index in [1.807, 2.05) is 11.9 Å². The van der Waals surface area contributed by atoms with E-state index in [9.17, 15) is 4.79 Å². The van der Waals surface area contributed by atoms with Crippen LogP contribution < -0.4 is 10.2 Å². The first kappa shape index (κ1) is 15.3. The Morgan fingerprint density at radius 3 is 2.73 bits per heavy atom. The highest BCUT2D eigenvalue weighted by Crippen LogP contribution is 2.65. The summed E-state index contributed by atoms with van der Waals surface area (Å²) in [5, 5.41) is 3.28. The highest BCUT2D eigenvalue weighted by molar-refractivity contribution is 5.81. The van der Waals surface area contributed by atoms with Crippen LogP contribution in [0.3, 0.4) is 0 Å². The molecular weight excluding hydrogens is 276 g/mol. The van der Waals surface area contributed by atoms with Crippen LogP contribution in [0.15, 0.2) is 18.6 Å². The van der Waals surface area contributed by atoms with Gasteiger partial charge in [-0.1, -0.05) is 20.8 Å². The zero-order valence-electron chi connectivity index (χ0n) is 14.0. The Balaban J connectivity index is 1.62. The monoisotopic (exact) mass is 302 g/mol. The predicted molar refractivity (Wildman–Crippen MR) is 86.5 cm³/mol. The number of hydrogen-bond donors (Lipinski definition) is 1. The van der Waals surface area contributed by atoms with Crippen molar-refractivity contribution in [1.82, 2.24) is 15.3 Å². The minimum absolute atomic E-state index is 0.0720. The highest BCUT2D eigenvalue weighted by atomic mass is 16.2. The Morgan fingerprint density at radius 1 is 1.41 bits per heavy atom. The number of nitrogens with one attached hydrogen (secondary N) is 1. The molecule has 1 N–H and O–H groups in total. The molecule has 2 bridgehead atoms. The lowest BCUT2D eigenvalue weighted by Gasteiger charge is -2.39. The van der Waals surface area contributed by atoms with Crippen molar-refractivity contribution < 1.29 is 4.79 Å². The van der Waals surface area contributed by atoms with Gasteiger partial charge in [-0.05, 0) is 36.0 Å². The lowest BCUT2D eigenvalue weighted by atomic mass is 9.69. The van der Waals surface area contributed by atoms with E-state index in [0.717, 1.165) is 18.2 Å². The van der Waals surface area contributed by atoms with Crippen LogP contribution in [0.25, 0.3) is 0 Å². The van der Waals surface area contributed by atoms with Crippen molar-refractivity contribution in [2.75, 3.05) is 18.5 Å². The summed E-state index contributed by atoms with van der Waals surface area (Å²) in [5.74, 6) is 1.53. The first-order chi connectivity index (χ1) is 10.3. The largest absolute Gasteiger partial charge is 0.351 e. The molecule has 3 rings (SSSR count). The number of hydrogen-bond acceptors (Lipinski definition) is 4. The Kier molecular flexibility index (Phi) is 3.62. The summed E-state index contributed by atoms with van der Waals surface area (Å²) >= 11 is 0. The van der Waals surface area contributed by atoms with Gasteiger partial charge in [-0.2, -0.15) is 0 Å². The zero-order valence-corrected chi connectivity index (χ0v) is 14.0. The average molecular weight is 302 g/mol. The van der Waals surface area contributed by atoms with Crippen molar-refractivity contribution in [3.63, 3.8) is 0 Å². The first-order valence-electron chi connectivity index (χ1n) is 8.11. The minimum Gasteiger partial charge on any atom is -0.351 e. The van der Waals surface area contributed by atoms with Gasteiger partial charge >= 0.3 is 0 Å². The van der Waals surface area contributed by atoms with E-state index in [-0.39, 0.29) is 11.3 Å². The number of anilines is 1. The molecule has 2 saturated carbocycles. The third-order valence-corrected chi connectivity index (χ3v) is 6.45. The van der Waals surface area contributed by atoms with Crippen LogP contribution in [-0.4, -0.2) is 35.5 Å². The molecule has 1 aromatic heterocycles. The third kappa shape index (κ3) is 2.27. The maximum atomic E-state index is 12.4. The van der Waals surface area contributed by atoms with Crippen LogP contribution in [0.2, 0.25) is 0 Å². The first-order valence-corrected chi connectivity index (χ1v) is 8.11. The van der Waals surface area contributed by atoms with Gasteiger partial charge in [0, 0.05) is 25.5 Å². The molecule has 0 spiro atoms. The van der Waals surface area contributed by atoms with E-state index < -0.39 is 0 Å². The summed E-state index contributed by atoms with van der Waals surface area (Å²) in [6, 6.07) is 0.295. The molecule has 1 heterocycles.